The Balaban J connectivity index is 2.45. The Labute approximate surface area is 86.2 Å². The molecule has 0 amide bonds. The van der Waals surface area contributed by atoms with Crippen molar-refractivity contribution in [1.82, 2.24) is 10.2 Å². The fourth-order valence-electron chi connectivity index (χ4n) is 1.06. The summed E-state index contributed by atoms with van der Waals surface area (Å²) in [4.78, 5) is 10.8. The molecule has 0 spiro atoms. The van der Waals surface area contributed by atoms with Gasteiger partial charge in [-0.25, -0.2) is 0 Å². The van der Waals surface area contributed by atoms with Crippen LogP contribution in [0.5, 0.6) is 0 Å². The molecule has 1 aromatic heterocycles. The topological polar surface area (TPSA) is 75.1 Å². The molecule has 78 valence electrons. The highest BCUT2D eigenvalue weighted by atomic mass is 32.1. The minimum absolute atomic E-state index is 0.105. The molecule has 2 N–H and O–H groups in total. The Morgan fingerprint density at radius 1 is 1.71 bits per heavy atom. The second-order valence-corrected chi connectivity index (χ2v) is 4.15. The van der Waals surface area contributed by atoms with Gasteiger partial charge < -0.3 is 10.4 Å². The van der Waals surface area contributed by atoms with Crippen molar-refractivity contribution in [3.63, 3.8) is 0 Å². The lowest BCUT2D eigenvalue weighted by molar-refractivity contribution is -0.142. The van der Waals surface area contributed by atoms with Crippen LogP contribution in [0.1, 0.15) is 13.8 Å². The van der Waals surface area contributed by atoms with Crippen molar-refractivity contribution in [1.29, 1.82) is 0 Å². The molecule has 6 heteroatoms. The third-order valence-corrected chi connectivity index (χ3v) is 2.60. The molecule has 0 aliphatic rings. The van der Waals surface area contributed by atoms with Gasteiger partial charge >= 0.3 is 5.97 Å². The molecule has 1 unspecified atom stereocenters. The summed E-state index contributed by atoms with van der Waals surface area (Å²) < 4.78 is 0. The van der Waals surface area contributed by atoms with E-state index in [2.05, 4.69) is 15.5 Å². The second kappa shape index (κ2) is 4.90. The number of anilines is 1. The fraction of sp³-hybridized carbons (Fsp3) is 0.625. The average molecular weight is 215 g/mol. The van der Waals surface area contributed by atoms with Crippen LogP contribution < -0.4 is 5.32 Å². The van der Waals surface area contributed by atoms with E-state index in [4.69, 9.17) is 5.11 Å². The summed E-state index contributed by atoms with van der Waals surface area (Å²) in [7, 11) is 0. The lowest BCUT2D eigenvalue weighted by Crippen LogP contribution is -2.27. The Morgan fingerprint density at radius 2 is 2.43 bits per heavy atom. The van der Waals surface area contributed by atoms with Crippen LogP contribution in [-0.2, 0) is 4.79 Å². The van der Waals surface area contributed by atoms with Gasteiger partial charge in [-0.05, 0) is 5.92 Å². The monoisotopic (exact) mass is 215 g/mol. The van der Waals surface area contributed by atoms with Crippen LogP contribution in [0.4, 0.5) is 5.13 Å². The number of hydrogen-bond donors (Lipinski definition) is 2. The van der Waals surface area contributed by atoms with Crippen molar-refractivity contribution in [3.05, 3.63) is 5.51 Å². The zero-order chi connectivity index (χ0) is 10.6. The molecule has 1 atom stereocenters. The van der Waals surface area contributed by atoms with Gasteiger partial charge in [-0.1, -0.05) is 25.2 Å². The number of nitrogens with one attached hydrogen (secondary N) is 1. The van der Waals surface area contributed by atoms with Crippen molar-refractivity contribution >= 4 is 22.4 Å². The molecule has 0 aliphatic carbocycles. The first-order valence-electron chi connectivity index (χ1n) is 4.34. The van der Waals surface area contributed by atoms with Crippen LogP contribution in [0.25, 0.3) is 0 Å². The molecular formula is C8H13N3O2S. The molecule has 1 aromatic rings. The molecule has 0 aliphatic heterocycles. The van der Waals surface area contributed by atoms with Gasteiger partial charge in [-0.15, -0.1) is 10.2 Å². The predicted octanol–water partition coefficient (Wildman–Crippen LogP) is 1.31. The lowest BCUT2D eigenvalue weighted by Gasteiger charge is -2.15. The SMILES string of the molecule is CC(C)C(CNc1nncs1)C(=O)O. The first kappa shape index (κ1) is 10.9. The lowest BCUT2D eigenvalue weighted by atomic mass is 9.96. The van der Waals surface area contributed by atoms with Crippen molar-refractivity contribution in [3.8, 4) is 0 Å². The normalized spacial score (nSPS) is 12.8. The van der Waals surface area contributed by atoms with Crippen LogP contribution >= 0.6 is 11.3 Å². The standard InChI is InChI=1S/C8H13N3O2S/c1-5(2)6(7(12)13)3-9-8-11-10-4-14-8/h4-6H,3H2,1-2H3,(H,9,11)(H,12,13). The Hall–Kier alpha value is -1.17. The third-order valence-electron chi connectivity index (χ3n) is 1.96. The molecule has 0 saturated carbocycles. The van der Waals surface area contributed by atoms with Crippen LogP contribution in [0, 0.1) is 11.8 Å². The highest BCUT2D eigenvalue weighted by Gasteiger charge is 2.21. The number of carboxylic acids is 1. The molecule has 1 heterocycles. The van der Waals surface area contributed by atoms with Crippen LogP contribution in [0.15, 0.2) is 5.51 Å². The van der Waals surface area contributed by atoms with Gasteiger partial charge in [-0.2, -0.15) is 0 Å². The molecule has 5 nitrogen and oxygen atoms in total. The number of rotatable bonds is 5. The Kier molecular flexibility index (Phi) is 3.82. The van der Waals surface area contributed by atoms with Crippen molar-refractivity contribution < 1.29 is 9.90 Å². The van der Waals surface area contributed by atoms with E-state index in [-0.39, 0.29) is 11.8 Å². The fourth-order valence-corrected chi connectivity index (χ4v) is 1.51. The molecule has 0 radical (unpaired) electrons. The molecule has 0 bridgehead atoms. The summed E-state index contributed by atoms with van der Waals surface area (Å²) in [6, 6.07) is 0. The van der Waals surface area contributed by atoms with Gasteiger partial charge in [0.15, 0.2) is 0 Å². The molecular weight excluding hydrogens is 202 g/mol. The molecule has 0 fully saturated rings. The van der Waals surface area contributed by atoms with Gasteiger partial charge in [0.25, 0.3) is 0 Å². The van der Waals surface area contributed by atoms with E-state index >= 15 is 0 Å². The van der Waals surface area contributed by atoms with Gasteiger partial charge in [-0.3, -0.25) is 4.79 Å². The van der Waals surface area contributed by atoms with Gasteiger partial charge in [0, 0.05) is 6.54 Å². The van der Waals surface area contributed by atoms with Crippen molar-refractivity contribution in [2.24, 2.45) is 11.8 Å². The smallest absolute Gasteiger partial charge is 0.308 e. The third kappa shape index (κ3) is 2.95. The minimum atomic E-state index is -0.781. The van der Waals surface area contributed by atoms with Crippen molar-refractivity contribution in [2.45, 2.75) is 13.8 Å². The Bertz CT molecular complexity index is 287. The summed E-state index contributed by atoms with van der Waals surface area (Å²) in [6.45, 7) is 4.17. The second-order valence-electron chi connectivity index (χ2n) is 3.31. The summed E-state index contributed by atoms with van der Waals surface area (Å²) in [6.07, 6.45) is 0. The van der Waals surface area contributed by atoms with Crippen LogP contribution in [0.2, 0.25) is 0 Å². The summed E-state index contributed by atoms with van der Waals surface area (Å²) >= 11 is 1.36. The molecule has 14 heavy (non-hydrogen) atoms. The highest BCUT2D eigenvalue weighted by molar-refractivity contribution is 7.13. The number of carboxylic acid groups (broad SMARTS) is 1. The first-order valence-corrected chi connectivity index (χ1v) is 5.22. The molecule has 1 rings (SSSR count). The average Bonchev–Trinajstić information content (AvgIpc) is 2.55. The first-order chi connectivity index (χ1) is 6.61. The largest absolute Gasteiger partial charge is 0.481 e. The number of aromatic nitrogens is 2. The van der Waals surface area contributed by atoms with E-state index in [0.29, 0.717) is 11.7 Å². The molecule has 0 aromatic carbocycles. The van der Waals surface area contributed by atoms with Crippen LogP contribution in [0.3, 0.4) is 0 Å². The van der Waals surface area contributed by atoms with E-state index in [9.17, 15) is 4.79 Å². The van der Waals surface area contributed by atoms with Crippen LogP contribution in [-0.4, -0.2) is 27.8 Å². The number of nitrogens with zero attached hydrogens (tertiary/aromatic N) is 2. The molecule has 0 saturated heterocycles. The maximum atomic E-state index is 10.8. The van der Waals surface area contributed by atoms with E-state index in [1.165, 1.54) is 11.3 Å². The zero-order valence-electron chi connectivity index (χ0n) is 8.10. The van der Waals surface area contributed by atoms with Gasteiger partial charge in [0.1, 0.15) is 5.51 Å². The van der Waals surface area contributed by atoms with E-state index in [1.807, 2.05) is 13.8 Å². The highest BCUT2D eigenvalue weighted by Crippen LogP contribution is 2.14. The maximum Gasteiger partial charge on any atom is 0.308 e. The van der Waals surface area contributed by atoms with E-state index in [1.54, 1.807) is 5.51 Å². The predicted molar refractivity (Wildman–Crippen MR) is 54.4 cm³/mol. The van der Waals surface area contributed by atoms with Gasteiger partial charge in [0.05, 0.1) is 5.92 Å². The van der Waals surface area contributed by atoms with Crippen molar-refractivity contribution in [2.75, 3.05) is 11.9 Å². The van der Waals surface area contributed by atoms with Gasteiger partial charge in [0.2, 0.25) is 5.13 Å². The van der Waals surface area contributed by atoms with E-state index in [0.717, 1.165) is 0 Å². The van der Waals surface area contributed by atoms with E-state index < -0.39 is 5.97 Å². The quantitative estimate of drug-likeness (QED) is 0.774. The number of carbonyl (C=O) groups is 1. The number of hydrogen-bond acceptors (Lipinski definition) is 5. The Morgan fingerprint density at radius 3 is 2.86 bits per heavy atom. The summed E-state index contributed by atoms with van der Waals surface area (Å²) in [5.41, 5.74) is 1.60. The maximum absolute atomic E-state index is 10.8. The number of aliphatic carboxylic acids is 1. The summed E-state index contributed by atoms with van der Waals surface area (Å²) in [5, 5.41) is 19.9. The minimum Gasteiger partial charge on any atom is -0.481 e. The zero-order valence-corrected chi connectivity index (χ0v) is 8.91. The summed E-state index contributed by atoms with van der Waals surface area (Å²) in [5.74, 6) is -1.07.